The van der Waals surface area contributed by atoms with Gasteiger partial charge in [0.25, 0.3) is 5.91 Å². The molecular weight excluding hydrogens is 374 g/mol. The van der Waals surface area contributed by atoms with Gasteiger partial charge in [-0.2, -0.15) is 0 Å². The van der Waals surface area contributed by atoms with E-state index < -0.39 is 0 Å². The van der Waals surface area contributed by atoms with Crippen molar-refractivity contribution in [2.24, 2.45) is 0 Å². The summed E-state index contributed by atoms with van der Waals surface area (Å²) in [5.41, 5.74) is 0.477. The van der Waals surface area contributed by atoms with Crippen molar-refractivity contribution in [1.29, 1.82) is 0 Å². The lowest BCUT2D eigenvalue weighted by Gasteiger charge is -2.06. The number of hydrogen-bond acceptors (Lipinski definition) is 6. The number of thioether (sulfide) groups is 1. The van der Waals surface area contributed by atoms with Crippen LogP contribution in [0, 0.1) is 0 Å². The fraction of sp³-hybridized carbons (Fsp3) is 0.154. The Morgan fingerprint density at radius 3 is 3.10 bits per heavy atom. The minimum Gasteiger partial charge on any atom is -0.497 e. The third-order valence-corrected chi connectivity index (χ3v) is 5.03. The van der Waals surface area contributed by atoms with E-state index in [1.54, 1.807) is 31.4 Å². The van der Waals surface area contributed by atoms with E-state index in [2.05, 4.69) is 38.0 Å². The van der Waals surface area contributed by atoms with E-state index in [0.717, 1.165) is 10.1 Å². The van der Waals surface area contributed by atoms with E-state index in [1.807, 2.05) is 0 Å². The molecule has 8 heteroatoms. The summed E-state index contributed by atoms with van der Waals surface area (Å²) in [6, 6.07) is 5.20. The van der Waals surface area contributed by atoms with Crippen molar-refractivity contribution in [3.8, 4) is 5.75 Å². The average molecular weight is 386 g/mol. The average Bonchev–Trinajstić information content (AvgIpc) is 2.93. The van der Waals surface area contributed by atoms with Crippen molar-refractivity contribution < 1.29 is 9.53 Å². The monoisotopic (exact) mass is 385 g/mol. The maximum Gasteiger partial charge on any atom is 0.258 e. The topological polar surface area (TPSA) is 64.1 Å². The Morgan fingerprint density at radius 1 is 1.57 bits per heavy atom. The van der Waals surface area contributed by atoms with E-state index in [-0.39, 0.29) is 5.91 Å². The largest absolute Gasteiger partial charge is 0.497 e. The lowest BCUT2D eigenvalue weighted by Crippen LogP contribution is -2.12. The summed E-state index contributed by atoms with van der Waals surface area (Å²) in [5.74, 6) is 1.10. The second-order valence-corrected chi connectivity index (χ2v) is 6.87. The highest BCUT2D eigenvalue weighted by molar-refractivity contribution is 9.10. The third kappa shape index (κ3) is 4.29. The van der Waals surface area contributed by atoms with Gasteiger partial charge >= 0.3 is 0 Å². The fourth-order valence-electron chi connectivity index (χ4n) is 1.42. The van der Waals surface area contributed by atoms with Gasteiger partial charge in [0.15, 0.2) is 4.34 Å². The molecule has 1 aromatic heterocycles. The number of carbonyl (C=O) groups excluding carboxylic acids is 1. The number of carbonyl (C=O) groups is 1. The summed E-state index contributed by atoms with van der Waals surface area (Å²) in [6.07, 6.45) is 1.79. The van der Waals surface area contributed by atoms with Crippen LogP contribution >= 0.6 is 39.0 Å². The van der Waals surface area contributed by atoms with Gasteiger partial charge in [-0.1, -0.05) is 29.2 Å². The molecule has 0 radical (unpaired) electrons. The number of halogens is 1. The first-order chi connectivity index (χ1) is 10.1. The Bertz CT molecular complexity index is 661. The second-order valence-electron chi connectivity index (χ2n) is 3.77. The minimum absolute atomic E-state index is 0.266. The Morgan fingerprint density at radius 2 is 2.38 bits per heavy atom. The van der Waals surface area contributed by atoms with Crippen LogP contribution in [-0.2, 0) is 0 Å². The van der Waals surface area contributed by atoms with Crippen molar-refractivity contribution in [2.45, 2.75) is 4.34 Å². The molecule has 1 aromatic carbocycles. The van der Waals surface area contributed by atoms with Crippen LogP contribution in [0.4, 0.5) is 5.13 Å². The van der Waals surface area contributed by atoms with Gasteiger partial charge in [0.1, 0.15) is 5.75 Å². The van der Waals surface area contributed by atoms with Crippen LogP contribution < -0.4 is 10.1 Å². The molecule has 1 heterocycles. The Balaban J connectivity index is 2.10. The highest BCUT2D eigenvalue weighted by atomic mass is 79.9. The molecule has 0 saturated carbocycles. The maximum atomic E-state index is 12.2. The quantitative estimate of drug-likeness (QED) is 0.464. The molecule has 0 aliphatic carbocycles. The molecule has 0 fully saturated rings. The Kier molecular flexibility index (Phi) is 5.77. The molecule has 0 saturated heterocycles. The molecule has 21 heavy (non-hydrogen) atoms. The van der Waals surface area contributed by atoms with Gasteiger partial charge in [-0.25, -0.2) is 0 Å². The molecule has 0 bridgehead atoms. The van der Waals surface area contributed by atoms with Crippen LogP contribution in [0.5, 0.6) is 5.75 Å². The molecule has 2 rings (SSSR count). The van der Waals surface area contributed by atoms with Gasteiger partial charge in [-0.3, -0.25) is 10.1 Å². The molecule has 5 nitrogen and oxygen atoms in total. The number of rotatable bonds is 6. The predicted octanol–water partition coefficient (Wildman–Crippen LogP) is 3.84. The molecule has 0 spiro atoms. The minimum atomic E-state index is -0.266. The maximum absolute atomic E-state index is 12.2. The molecule has 0 unspecified atom stereocenters. The zero-order valence-electron chi connectivity index (χ0n) is 11.1. The zero-order valence-corrected chi connectivity index (χ0v) is 14.3. The normalized spacial score (nSPS) is 10.2. The number of amides is 1. The Labute approximate surface area is 138 Å². The number of hydrogen-bond donors (Lipinski definition) is 1. The summed E-state index contributed by atoms with van der Waals surface area (Å²) in [4.78, 5) is 12.2. The van der Waals surface area contributed by atoms with E-state index in [1.165, 1.54) is 23.1 Å². The number of benzene rings is 1. The number of anilines is 1. The first kappa shape index (κ1) is 16.0. The smallest absolute Gasteiger partial charge is 0.258 e. The zero-order chi connectivity index (χ0) is 15.2. The number of methoxy groups -OCH3 is 1. The predicted molar refractivity (Wildman–Crippen MR) is 89.5 cm³/mol. The van der Waals surface area contributed by atoms with Crippen LogP contribution in [-0.4, -0.2) is 29.0 Å². The lowest BCUT2D eigenvalue weighted by atomic mass is 10.2. The number of nitrogens with zero attached hydrogens (tertiary/aromatic N) is 2. The molecule has 110 valence electrons. The van der Waals surface area contributed by atoms with E-state index in [4.69, 9.17) is 4.74 Å². The van der Waals surface area contributed by atoms with Gasteiger partial charge < -0.3 is 4.74 Å². The van der Waals surface area contributed by atoms with Gasteiger partial charge in [0.05, 0.1) is 12.7 Å². The van der Waals surface area contributed by atoms with E-state index >= 15 is 0 Å². The molecule has 0 aliphatic rings. The van der Waals surface area contributed by atoms with Gasteiger partial charge in [0.2, 0.25) is 5.13 Å². The summed E-state index contributed by atoms with van der Waals surface area (Å²) >= 11 is 6.19. The fourth-order valence-corrected chi connectivity index (χ4v) is 3.35. The van der Waals surface area contributed by atoms with Crippen molar-refractivity contribution >= 4 is 50.1 Å². The van der Waals surface area contributed by atoms with Gasteiger partial charge in [-0.15, -0.1) is 16.8 Å². The molecule has 1 amide bonds. The molecule has 1 N–H and O–H groups in total. The highest BCUT2D eigenvalue weighted by Crippen LogP contribution is 2.27. The standard InChI is InChI=1S/C13H12BrN3O2S2/c1-3-6-20-13-17-16-12(21-13)15-11(18)9-7-8(19-2)4-5-10(9)14/h3-5,7H,1,6H2,2H3,(H,15,16,18). The molecular formula is C13H12BrN3O2S2. The molecule has 2 aromatic rings. The molecule has 0 atom stereocenters. The Hall–Kier alpha value is -1.38. The lowest BCUT2D eigenvalue weighted by molar-refractivity contribution is 0.102. The van der Waals surface area contributed by atoms with Crippen LogP contribution in [0.25, 0.3) is 0 Å². The van der Waals surface area contributed by atoms with Crippen molar-refractivity contribution in [2.75, 3.05) is 18.2 Å². The van der Waals surface area contributed by atoms with E-state index in [0.29, 0.717) is 20.9 Å². The van der Waals surface area contributed by atoms with Crippen molar-refractivity contribution in [1.82, 2.24) is 10.2 Å². The number of aromatic nitrogens is 2. The van der Waals surface area contributed by atoms with Crippen LogP contribution in [0.15, 0.2) is 39.7 Å². The third-order valence-electron chi connectivity index (χ3n) is 2.37. The summed E-state index contributed by atoms with van der Waals surface area (Å²) in [7, 11) is 1.55. The van der Waals surface area contributed by atoms with Crippen LogP contribution in [0.1, 0.15) is 10.4 Å². The first-order valence-corrected chi connectivity index (χ1v) is 8.45. The van der Waals surface area contributed by atoms with Crippen LogP contribution in [0.3, 0.4) is 0 Å². The summed E-state index contributed by atoms with van der Waals surface area (Å²) in [5, 5.41) is 11.1. The molecule has 0 aliphatic heterocycles. The van der Waals surface area contributed by atoms with Gasteiger partial charge in [-0.05, 0) is 34.1 Å². The van der Waals surface area contributed by atoms with Crippen LogP contribution in [0.2, 0.25) is 0 Å². The summed E-state index contributed by atoms with van der Waals surface area (Å²) < 4.78 is 6.59. The van der Waals surface area contributed by atoms with Gasteiger partial charge in [0, 0.05) is 10.2 Å². The van der Waals surface area contributed by atoms with Crippen molar-refractivity contribution in [3.05, 3.63) is 40.9 Å². The second kappa shape index (κ2) is 7.58. The highest BCUT2D eigenvalue weighted by Gasteiger charge is 2.14. The van der Waals surface area contributed by atoms with Crippen molar-refractivity contribution in [3.63, 3.8) is 0 Å². The number of nitrogens with one attached hydrogen (secondary N) is 1. The summed E-state index contributed by atoms with van der Waals surface area (Å²) in [6.45, 7) is 3.65. The van der Waals surface area contributed by atoms with E-state index in [9.17, 15) is 4.79 Å². The number of ether oxygens (including phenoxy) is 1. The SMILES string of the molecule is C=CCSc1nnc(NC(=O)c2cc(OC)ccc2Br)s1. The first-order valence-electron chi connectivity index (χ1n) is 5.86.